The van der Waals surface area contributed by atoms with Crippen LogP contribution in [-0.4, -0.2) is 8.42 Å². The Kier molecular flexibility index (Phi) is 4.16. The van der Waals surface area contributed by atoms with Crippen molar-refractivity contribution in [1.82, 2.24) is 0 Å². The van der Waals surface area contributed by atoms with Crippen molar-refractivity contribution in [3.8, 4) is 0 Å². The summed E-state index contributed by atoms with van der Waals surface area (Å²) in [7, 11) is -3.71. The van der Waals surface area contributed by atoms with E-state index in [1.54, 1.807) is 19.1 Å². The molecule has 0 aliphatic heterocycles. The highest BCUT2D eigenvalue weighted by molar-refractivity contribution is 7.92. The van der Waals surface area contributed by atoms with Crippen LogP contribution in [0.4, 0.5) is 11.4 Å². The summed E-state index contributed by atoms with van der Waals surface area (Å²) in [4.78, 5) is 0.130. The highest BCUT2D eigenvalue weighted by atomic mass is 35.5. The van der Waals surface area contributed by atoms with Gasteiger partial charge >= 0.3 is 0 Å². The fourth-order valence-electron chi connectivity index (χ4n) is 2.00. The lowest BCUT2D eigenvalue weighted by atomic mass is 10.1. The number of benzene rings is 2. The molecular formula is C15H17ClN2O2S. The van der Waals surface area contributed by atoms with Crippen molar-refractivity contribution in [3.05, 3.63) is 52.0 Å². The standard InChI is InChI=1S/C15H17ClN2O2S/c1-9-4-5-10(2)14(6-9)18-21(19,20)15-8-13(17)12(16)7-11(15)3/h4-8,18H,17H2,1-3H3. The van der Waals surface area contributed by atoms with Crippen molar-refractivity contribution in [3.63, 3.8) is 0 Å². The Labute approximate surface area is 130 Å². The number of aryl methyl sites for hydroxylation is 3. The Morgan fingerprint density at radius 3 is 2.38 bits per heavy atom. The van der Waals surface area contributed by atoms with Crippen LogP contribution in [0, 0.1) is 20.8 Å². The lowest BCUT2D eigenvalue weighted by molar-refractivity contribution is 0.600. The minimum absolute atomic E-state index is 0.130. The third kappa shape index (κ3) is 3.31. The zero-order valence-electron chi connectivity index (χ0n) is 12.1. The van der Waals surface area contributed by atoms with Gasteiger partial charge in [0.05, 0.1) is 21.3 Å². The fraction of sp³-hybridized carbons (Fsp3) is 0.200. The summed E-state index contributed by atoms with van der Waals surface area (Å²) in [5, 5.41) is 0.346. The van der Waals surface area contributed by atoms with Gasteiger partial charge in [-0.05, 0) is 55.7 Å². The lowest BCUT2D eigenvalue weighted by Gasteiger charge is -2.14. The first-order chi connectivity index (χ1) is 9.70. The number of hydrogen-bond acceptors (Lipinski definition) is 3. The molecule has 0 radical (unpaired) electrons. The molecule has 0 bridgehead atoms. The van der Waals surface area contributed by atoms with Crippen molar-refractivity contribution in [2.75, 3.05) is 10.5 Å². The summed E-state index contributed by atoms with van der Waals surface area (Å²) in [5.74, 6) is 0. The number of hydrogen-bond donors (Lipinski definition) is 2. The molecule has 0 unspecified atom stereocenters. The van der Waals surface area contributed by atoms with Crippen LogP contribution < -0.4 is 10.5 Å². The molecule has 4 nitrogen and oxygen atoms in total. The third-order valence-electron chi connectivity index (χ3n) is 3.22. The molecule has 6 heteroatoms. The quantitative estimate of drug-likeness (QED) is 0.846. The summed E-state index contributed by atoms with van der Waals surface area (Å²) in [6, 6.07) is 8.52. The molecule has 0 amide bonds. The molecule has 0 fully saturated rings. The van der Waals surface area contributed by atoms with Crippen molar-refractivity contribution in [2.45, 2.75) is 25.7 Å². The number of nitrogens with one attached hydrogen (secondary N) is 1. The molecule has 0 atom stereocenters. The molecule has 2 aromatic rings. The van der Waals surface area contributed by atoms with Gasteiger partial charge in [-0.3, -0.25) is 4.72 Å². The Balaban J connectivity index is 2.48. The summed E-state index contributed by atoms with van der Waals surface area (Å²) < 4.78 is 27.7. The smallest absolute Gasteiger partial charge is 0.262 e. The van der Waals surface area contributed by atoms with E-state index < -0.39 is 10.0 Å². The molecule has 3 N–H and O–H groups in total. The second-order valence-corrected chi connectivity index (χ2v) is 7.12. The first kappa shape index (κ1) is 15.7. The summed E-state index contributed by atoms with van der Waals surface area (Å²) >= 11 is 5.90. The van der Waals surface area contributed by atoms with Crippen LogP contribution in [0.1, 0.15) is 16.7 Å². The first-order valence-electron chi connectivity index (χ1n) is 6.36. The number of nitrogens with two attached hydrogens (primary N) is 1. The molecule has 0 saturated carbocycles. The number of sulfonamides is 1. The number of anilines is 2. The van der Waals surface area contributed by atoms with Gasteiger partial charge in [-0.15, -0.1) is 0 Å². The van der Waals surface area contributed by atoms with E-state index in [9.17, 15) is 8.42 Å². The molecule has 112 valence electrons. The van der Waals surface area contributed by atoms with Gasteiger partial charge in [0, 0.05) is 0 Å². The highest BCUT2D eigenvalue weighted by Crippen LogP contribution is 2.28. The van der Waals surface area contributed by atoms with Gasteiger partial charge in [0.1, 0.15) is 0 Å². The Morgan fingerprint density at radius 1 is 1.05 bits per heavy atom. The van der Waals surface area contributed by atoms with Crippen LogP contribution in [0.15, 0.2) is 35.2 Å². The molecule has 2 aromatic carbocycles. The van der Waals surface area contributed by atoms with E-state index >= 15 is 0 Å². The molecular weight excluding hydrogens is 308 g/mol. The van der Waals surface area contributed by atoms with Gasteiger partial charge in [-0.2, -0.15) is 0 Å². The maximum Gasteiger partial charge on any atom is 0.262 e. The van der Waals surface area contributed by atoms with Crippen molar-refractivity contribution >= 4 is 33.0 Å². The molecule has 21 heavy (non-hydrogen) atoms. The van der Waals surface area contributed by atoms with Gasteiger partial charge < -0.3 is 5.73 Å². The van der Waals surface area contributed by atoms with E-state index in [1.165, 1.54) is 6.07 Å². The first-order valence-corrected chi connectivity index (χ1v) is 8.22. The summed E-state index contributed by atoms with van der Waals surface area (Å²) in [6.07, 6.45) is 0. The van der Waals surface area contributed by atoms with Crippen molar-refractivity contribution < 1.29 is 8.42 Å². The molecule has 0 heterocycles. The second kappa shape index (κ2) is 5.58. The number of halogens is 1. The van der Waals surface area contributed by atoms with Crippen LogP contribution in [0.3, 0.4) is 0 Å². The van der Waals surface area contributed by atoms with Gasteiger partial charge in [0.15, 0.2) is 0 Å². The molecule has 0 saturated heterocycles. The minimum Gasteiger partial charge on any atom is -0.397 e. The zero-order valence-corrected chi connectivity index (χ0v) is 13.6. The van der Waals surface area contributed by atoms with E-state index in [4.69, 9.17) is 17.3 Å². The lowest BCUT2D eigenvalue weighted by Crippen LogP contribution is -2.15. The van der Waals surface area contributed by atoms with Gasteiger partial charge in [-0.25, -0.2) is 8.42 Å². The average molecular weight is 325 g/mol. The summed E-state index contributed by atoms with van der Waals surface area (Å²) in [5.41, 5.74) is 8.88. The predicted octanol–water partition coefficient (Wildman–Crippen LogP) is 3.65. The zero-order chi connectivity index (χ0) is 15.8. The van der Waals surface area contributed by atoms with E-state index in [-0.39, 0.29) is 10.6 Å². The minimum atomic E-state index is -3.71. The van der Waals surface area contributed by atoms with E-state index in [0.717, 1.165) is 11.1 Å². The normalized spacial score (nSPS) is 11.4. The fourth-order valence-corrected chi connectivity index (χ4v) is 3.61. The molecule has 0 aliphatic rings. The third-order valence-corrected chi connectivity index (χ3v) is 5.06. The Hall–Kier alpha value is -1.72. The number of nitrogen functional groups attached to an aromatic ring is 1. The van der Waals surface area contributed by atoms with Crippen LogP contribution in [-0.2, 0) is 10.0 Å². The van der Waals surface area contributed by atoms with Gasteiger partial charge in [-0.1, -0.05) is 23.7 Å². The van der Waals surface area contributed by atoms with Crippen LogP contribution >= 0.6 is 11.6 Å². The average Bonchev–Trinajstić information content (AvgIpc) is 2.37. The van der Waals surface area contributed by atoms with Crippen LogP contribution in [0.25, 0.3) is 0 Å². The Morgan fingerprint density at radius 2 is 1.71 bits per heavy atom. The molecule has 2 rings (SSSR count). The van der Waals surface area contributed by atoms with E-state index in [0.29, 0.717) is 16.3 Å². The maximum atomic E-state index is 12.5. The van der Waals surface area contributed by atoms with Crippen LogP contribution in [0.2, 0.25) is 5.02 Å². The molecule has 0 aromatic heterocycles. The topological polar surface area (TPSA) is 72.2 Å². The van der Waals surface area contributed by atoms with E-state index in [1.807, 2.05) is 26.0 Å². The van der Waals surface area contributed by atoms with Crippen molar-refractivity contribution in [1.29, 1.82) is 0 Å². The maximum absolute atomic E-state index is 12.5. The Bertz CT molecular complexity index is 802. The predicted molar refractivity (Wildman–Crippen MR) is 87.3 cm³/mol. The van der Waals surface area contributed by atoms with Crippen molar-refractivity contribution in [2.24, 2.45) is 0 Å². The monoisotopic (exact) mass is 324 g/mol. The van der Waals surface area contributed by atoms with Gasteiger partial charge in [0.2, 0.25) is 0 Å². The van der Waals surface area contributed by atoms with Gasteiger partial charge in [0.25, 0.3) is 10.0 Å². The second-order valence-electron chi connectivity index (χ2n) is 5.06. The molecule has 0 spiro atoms. The van der Waals surface area contributed by atoms with Crippen LogP contribution in [0.5, 0.6) is 0 Å². The van der Waals surface area contributed by atoms with E-state index in [2.05, 4.69) is 4.72 Å². The largest absolute Gasteiger partial charge is 0.397 e. The molecule has 0 aliphatic carbocycles. The highest BCUT2D eigenvalue weighted by Gasteiger charge is 2.19. The summed E-state index contributed by atoms with van der Waals surface area (Å²) in [6.45, 7) is 5.44. The SMILES string of the molecule is Cc1ccc(C)c(NS(=O)(=O)c2cc(N)c(Cl)cc2C)c1. The number of rotatable bonds is 3.